The minimum absolute atomic E-state index is 0.367. The van der Waals surface area contributed by atoms with Crippen molar-refractivity contribution in [1.29, 1.82) is 0 Å². The van der Waals surface area contributed by atoms with Gasteiger partial charge in [-0.1, -0.05) is 60.7 Å². The Balaban J connectivity index is 1.50. The second-order valence-electron chi connectivity index (χ2n) is 6.55. The first-order valence-corrected chi connectivity index (χ1v) is 9.52. The SMILES string of the molecule is Fc1ccc(Oc2ccc(N=Cc3ccccc3)cc2)c(N=Cc2ccccc2)c1. The Hall–Kier alpha value is -4.05. The van der Waals surface area contributed by atoms with Crippen LogP contribution in [0.3, 0.4) is 0 Å². The van der Waals surface area contributed by atoms with Gasteiger partial charge < -0.3 is 4.74 Å². The van der Waals surface area contributed by atoms with Crippen molar-refractivity contribution in [1.82, 2.24) is 0 Å². The van der Waals surface area contributed by atoms with E-state index in [1.165, 1.54) is 12.1 Å². The molecule has 4 rings (SSSR count). The van der Waals surface area contributed by atoms with Gasteiger partial charge in [-0.15, -0.1) is 0 Å². The quantitative estimate of drug-likeness (QED) is 0.321. The smallest absolute Gasteiger partial charge is 0.153 e. The van der Waals surface area contributed by atoms with E-state index in [1.807, 2.05) is 91.1 Å². The maximum atomic E-state index is 13.7. The summed E-state index contributed by atoms with van der Waals surface area (Å²) in [6.45, 7) is 0. The maximum Gasteiger partial charge on any atom is 0.153 e. The molecule has 146 valence electrons. The van der Waals surface area contributed by atoms with Crippen molar-refractivity contribution in [3.8, 4) is 11.5 Å². The molecule has 4 aromatic rings. The summed E-state index contributed by atoms with van der Waals surface area (Å²) in [5.74, 6) is 0.730. The second kappa shape index (κ2) is 9.43. The Morgan fingerprint density at radius 3 is 1.87 bits per heavy atom. The molecule has 0 N–H and O–H groups in total. The molecule has 0 saturated carbocycles. The van der Waals surface area contributed by atoms with E-state index in [2.05, 4.69) is 9.98 Å². The standard InChI is InChI=1S/C26H19FN2O/c27-22-11-16-26(25(17-22)29-19-21-9-5-2-6-10-21)30-24-14-12-23(13-15-24)28-18-20-7-3-1-4-8-20/h1-19H. The fourth-order valence-electron chi connectivity index (χ4n) is 2.78. The third-order valence-electron chi connectivity index (χ3n) is 4.30. The largest absolute Gasteiger partial charge is 0.455 e. The van der Waals surface area contributed by atoms with Gasteiger partial charge in [0.1, 0.15) is 17.3 Å². The molecule has 0 bridgehead atoms. The zero-order chi connectivity index (χ0) is 20.6. The highest BCUT2D eigenvalue weighted by atomic mass is 19.1. The Morgan fingerprint density at radius 2 is 1.23 bits per heavy atom. The zero-order valence-corrected chi connectivity index (χ0v) is 16.2. The number of halogens is 1. The van der Waals surface area contributed by atoms with Crippen molar-refractivity contribution >= 4 is 23.8 Å². The van der Waals surface area contributed by atoms with Gasteiger partial charge >= 0.3 is 0 Å². The van der Waals surface area contributed by atoms with Crippen molar-refractivity contribution in [3.63, 3.8) is 0 Å². The molecule has 0 radical (unpaired) electrons. The van der Waals surface area contributed by atoms with Crippen LogP contribution in [0.25, 0.3) is 0 Å². The Morgan fingerprint density at radius 1 is 0.633 bits per heavy atom. The second-order valence-corrected chi connectivity index (χ2v) is 6.55. The third-order valence-corrected chi connectivity index (χ3v) is 4.30. The van der Waals surface area contributed by atoms with Crippen LogP contribution in [0.5, 0.6) is 11.5 Å². The van der Waals surface area contributed by atoms with E-state index in [0.29, 0.717) is 17.2 Å². The summed E-state index contributed by atoms with van der Waals surface area (Å²) in [4.78, 5) is 8.86. The van der Waals surface area contributed by atoms with E-state index in [1.54, 1.807) is 12.3 Å². The molecule has 0 saturated heterocycles. The summed E-state index contributed by atoms with van der Waals surface area (Å²) in [5.41, 5.74) is 3.19. The van der Waals surface area contributed by atoms with E-state index in [-0.39, 0.29) is 5.82 Å². The van der Waals surface area contributed by atoms with Crippen LogP contribution in [0.1, 0.15) is 11.1 Å². The van der Waals surface area contributed by atoms with Crippen molar-refractivity contribution in [2.75, 3.05) is 0 Å². The van der Waals surface area contributed by atoms with Crippen molar-refractivity contribution in [2.45, 2.75) is 0 Å². The first-order valence-electron chi connectivity index (χ1n) is 9.52. The lowest BCUT2D eigenvalue weighted by molar-refractivity contribution is 0.482. The molecular formula is C26H19FN2O. The van der Waals surface area contributed by atoms with Gasteiger partial charge in [-0.05, 0) is 47.5 Å². The van der Waals surface area contributed by atoms with Gasteiger partial charge in [0, 0.05) is 18.5 Å². The monoisotopic (exact) mass is 394 g/mol. The van der Waals surface area contributed by atoms with E-state index in [9.17, 15) is 4.39 Å². The molecule has 0 aromatic heterocycles. The topological polar surface area (TPSA) is 34.0 Å². The van der Waals surface area contributed by atoms with Crippen LogP contribution in [0.4, 0.5) is 15.8 Å². The van der Waals surface area contributed by atoms with Gasteiger partial charge in [0.15, 0.2) is 5.75 Å². The van der Waals surface area contributed by atoms with Crippen molar-refractivity contribution in [2.24, 2.45) is 9.98 Å². The number of benzene rings is 4. The summed E-state index contributed by atoms with van der Waals surface area (Å²) in [5, 5.41) is 0. The molecule has 4 aromatic carbocycles. The minimum Gasteiger partial charge on any atom is -0.455 e. The maximum absolute atomic E-state index is 13.7. The molecule has 0 atom stereocenters. The zero-order valence-electron chi connectivity index (χ0n) is 16.2. The molecule has 0 heterocycles. The van der Waals surface area contributed by atoms with Gasteiger partial charge in [-0.3, -0.25) is 9.98 Å². The number of aliphatic imine (C=N–C) groups is 2. The van der Waals surface area contributed by atoms with Gasteiger partial charge in [0.05, 0.1) is 5.69 Å². The summed E-state index contributed by atoms with van der Waals surface area (Å²) in [6, 6.07) is 31.2. The molecule has 0 fully saturated rings. The number of rotatable bonds is 6. The molecule has 30 heavy (non-hydrogen) atoms. The highest BCUT2D eigenvalue weighted by molar-refractivity contribution is 5.83. The first kappa shape index (κ1) is 19.3. The summed E-state index contributed by atoms with van der Waals surface area (Å²) in [6.07, 6.45) is 3.50. The van der Waals surface area contributed by atoms with Crippen molar-refractivity contribution in [3.05, 3.63) is 120 Å². The number of hydrogen-bond acceptors (Lipinski definition) is 3. The minimum atomic E-state index is -0.367. The molecule has 0 aliphatic rings. The predicted octanol–water partition coefficient (Wildman–Crippen LogP) is 7.12. The number of hydrogen-bond donors (Lipinski definition) is 0. The first-order chi connectivity index (χ1) is 14.8. The van der Waals surface area contributed by atoms with Crippen LogP contribution in [0, 0.1) is 5.82 Å². The van der Waals surface area contributed by atoms with Gasteiger partial charge in [-0.25, -0.2) is 4.39 Å². The van der Waals surface area contributed by atoms with E-state index in [0.717, 1.165) is 16.8 Å². The lowest BCUT2D eigenvalue weighted by atomic mass is 10.2. The highest BCUT2D eigenvalue weighted by Crippen LogP contribution is 2.33. The normalized spacial score (nSPS) is 11.2. The number of nitrogens with zero attached hydrogens (tertiary/aromatic N) is 2. The van der Waals surface area contributed by atoms with Gasteiger partial charge in [-0.2, -0.15) is 0 Å². The fourth-order valence-corrected chi connectivity index (χ4v) is 2.78. The molecule has 0 aliphatic heterocycles. The molecule has 3 nitrogen and oxygen atoms in total. The van der Waals surface area contributed by atoms with Crippen LogP contribution in [0.15, 0.2) is 113 Å². The molecule has 4 heteroatoms. The summed E-state index contributed by atoms with van der Waals surface area (Å²) >= 11 is 0. The lowest BCUT2D eigenvalue weighted by Crippen LogP contribution is -1.87. The van der Waals surface area contributed by atoms with E-state index in [4.69, 9.17) is 4.74 Å². The molecular weight excluding hydrogens is 375 g/mol. The molecule has 0 spiro atoms. The average Bonchev–Trinajstić information content (AvgIpc) is 2.80. The lowest BCUT2D eigenvalue weighted by Gasteiger charge is -2.09. The summed E-state index contributed by atoms with van der Waals surface area (Å²) < 4.78 is 19.7. The fraction of sp³-hybridized carbons (Fsp3) is 0. The van der Waals surface area contributed by atoms with Gasteiger partial charge in [0.2, 0.25) is 0 Å². The van der Waals surface area contributed by atoms with E-state index < -0.39 is 0 Å². The predicted molar refractivity (Wildman–Crippen MR) is 120 cm³/mol. The Kier molecular flexibility index (Phi) is 6.06. The van der Waals surface area contributed by atoms with Crippen LogP contribution >= 0.6 is 0 Å². The highest BCUT2D eigenvalue weighted by Gasteiger charge is 2.06. The van der Waals surface area contributed by atoms with Crippen LogP contribution in [0.2, 0.25) is 0 Å². The number of ether oxygens (including phenoxy) is 1. The van der Waals surface area contributed by atoms with Crippen LogP contribution in [-0.2, 0) is 0 Å². The Bertz CT molecular complexity index is 1150. The molecule has 0 unspecified atom stereocenters. The van der Waals surface area contributed by atoms with Crippen LogP contribution in [-0.4, -0.2) is 12.4 Å². The van der Waals surface area contributed by atoms with Crippen LogP contribution < -0.4 is 4.74 Å². The van der Waals surface area contributed by atoms with Gasteiger partial charge in [0.25, 0.3) is 0 Å². The summed E-state index contributed by atoms with van der Waals surface area (Å²) in [7, 11) is 0. The van der Waals surface area contributed by atoms with E-state index >= 15 is 0 Å². The average molecular weight is 394 g/mol. The third kappa shape index (κ3) is 5.26. The Labute approximate surface area is 174 Å². The molecule has 0 amide bonds. The molecule has 0 aliphatic carbocycles. The van der Waals surface area contributed by atoms with Crippen molar-refractivity contribution < 1.29 is 9.13 Å².